The molecule has 12 heteroatoms. The standard InChI is InChI=1S/C18H20FN5O4S2/c1-4-14-22-15(28-24-14)7-8-20-17(25)23-18-21-10(2)16(29-18)11-5-6-13(12(19)9-11)30(3,26)27/h5-6,9H,4,7-8H2,1-3H3,(H2,20,21,23,25). The van der Waals surface area contributed by atoms with Crippen molar-refractivity contribution < 1.29 is 22.1 Å². The number of aryl methyl sites for hydroxylation is 2. The molecule has 0 aliphatic carbocycles. The van der Waals surface area contributed by atoms with Crippen LogP contribution in [0.5, 0.6) is 0 Å². The summed E-state index contributed by atoms with van der Waals surface area (Å²) < 4.78 is 42.4. The first-order valence-electron chi connectivity index (χ1n) is 9.01. The molecule has 2 N–H and O–H groups in total. The van der Waals surface area contributed by atoms with Crippen molar-refractivity contribution in [3.63, 3.8) is 0 Å². The zero-order valence-corrected chi connectivity index (χ0v) is 18.2. The van der Waals surface area contributed by atoms with Crippen LogP contribution in [0.15, 0.2) is 27.6 Å². The second-order valence-electron chi connectivity index (χ2n) is 6.44. The minimum atomic E-state index is -3.65. The second-order valence-corrected chi connectivity index (χ2v) is 9.42. The third-order valence-corrected chi connectivity index (χ3v) is 6.31. The maximum absolute atomic E-state index is 14.2. The van der Waals surface area contributed by atoms with Gasteiger partial charge in [0.25, 0.3) is 0 Å². The van der Waals surface area contributed by atoms with E-state index in [2.05, 4.69) is 25.8 Å². The zero-order chi connectivity index (χ0) is 21.9. The van der Waals surface area contributed by atoms with E-state index in [-0.39, 0.29) is 4.90 Å². The van der Waals surface area contributed by atoms with Gasteiger partial charge in [0, 0.05) is 25.6 Å². The molecule has 3 aromatic rings. The van der Waals surface area contributed by atoms with Crippen LogP contribution in [0.4, 0.5) is 14.3 Å². The summed E-state index contributed by atoms with van der Waals surface area (Å²) in [7, 11) is -3.65. The molecule has 9 nitrogen and oxygen atoms in total. The van der Waals surface area contributed by atoms with Gasteiger partial charge in [-0.25, -0.2) is 22.6 Å². The van der Waals surface area contributed by atoms with Crippen molar-refractivity contribution in [1.29, 1.82) is 0 Å². The summed E-state index contributed by atoms with van der Waals surface area (Å²) in [6, 6.07) is 3.43. The van der Waals surface area contributed by atoms with Gasteiger partial charge < -0.3 is 9.84 Å². The molecule has 160 valence electrons. The minimum Gasteiger partial charge on any atom is -0.339 e. The predicted octanol–water partition coefficient (Wildman–Crippen LogP) is 2.97. The van der Waals surface area contributed by atoms with Gasteiger partial charge >= 0.3 is 6.03 Å². The number of carbonyl (C=O) groups excluding carboxylic acids is 1. The van der Waals surface area contributed by atoms with E-state index in [1.807, 2.05) is 6.92 Å². The predicted molar refractivity (Wildman–Crippen MR) is 110 cm³/mol. The molecule has 0 saturated heterocycles. The molecule has 0 radical (unpaired) electrons. The van der Waals surface area contributed by atoms with Crippen LogP contribution in [0.25, 0.3) is 10.4 Å². The van der Waals surface area contributed by atoms with E-state index in [9.17, 15) is 17.6 Å². The number of benzene rings is 1. The quantitative estimate of drug-likeness (QED) is 0.563. The highest BCUT2D eigenvalue weighted by Gasteiger charge is 2.17. The average molecular weight is 454 g/mol. The first-order chi connectivity index (χ1) is 14.2. The number of carbonyl (C=O) groups is 1. The molecular weight excluding hydrogens is 433 g/mol. The first kappa shape index (κ1) is 21.8. The summed E-state index contributed by atoms with van der Waals surface area (Å²) in [6.07, 6.45) is 2.02. The number of nitrogens with one attached hydrogen (secondary N) is 2. The number of amides is 2. The van der Waals surface area contributed by atoms with E-state index in [0.29, 0.717) is 52.4 Å². The Balaban J connectivity index is 1.63. The Morgan fingerprint density at radius 1 is 1.30 bits per heavy atom. The number of urea groups is 1. The fraction of sp³-hybridized carbons (Fsp3) is 0.333. The lowest BCUT2D eigenvalue weighted by Gasteiger charge is -2.04. The van der Waals surface area contributed by atoms with Crippen LogP contribution >= 0.6 is 11.3 Å². The lowest BCUT2D eigenvalue weighted by Crippen LogP contribution is -2.30. The SMILES string of the molecule is CCc1noc(CCNC(=O)Nc2nc(C)c(-c3ccc(S(C)(=O)=O)c(F)c3)s2)n1. The topological polar surface area (TPSA) is 127 Å². The molecule has 2 amide bonds. The maximum atomic E-state index is 14.2. The number of hydrogen-bond donors (Lipinski definition) is 2. The number of rotatable bonds is 7. The summed E-state index contributed by atoms with van der Waals surface area (Å²) in [4.78, 5) is 20.8. The van der Waals surface area contributed by atoms with Crippen molar-refractivity contribution >= 4 is 32.3 Å². The van der Waals surface area contributed by atoms with Gasteiger partial charge in [0.05, 0.1) is 10.6 Å². The molecule has 0 aliphatic heterocycles. The lowest BCUT2D eigenvalue weighted by molar-refractivity contribution is 0.252. The Kier molecular flexibility index (Phi) is 6.46. The first-order valence-corrected chi connectivity index (χ1v) is 11.7. The van der Waals surface area contributed by atoms with Crippen LogP contribution in [-0.4, -0.2) is 42.4 Å². The number of thiazole rings is 1. The number of hydrogen-bond acceptors (Lipinski definition) is 8. The smallest absolute Gasteiger partial charge is 0.321 e. The fourth-order valence-electron chi connectivity index (χ4n) is 2.62. The normalized spacial score (nSPS) is 11.5. The molecule has 0 atom stereocenters. The molecule has 0 bridgehead atoms. The van der Waals surface area contributed by atoms with Crippen molar-refractivity contribution in [3.05, 3.63) is 41.4 Å². The molecule has 3 rings (SSSR count). The molecule has 2 heterocycles. The zero-order valence-electron chi connectivity index (χ0n) is 16.5. The number of anilines is 1. The third-order valence-electron chi connectivity index (χ3n) is 4.06. The van der Waals surface area contributed by atoms with Crippen LogP contribution in [0.2, 0.25) is 0 Å². The van der Waals surface area contributed by atoms with E-state index in [1.54, 1.807) is 6.92 Å². The maximum Gasteiger partial charge on any atom is 0.321 e. The van der Waals surface area contributed by atoms with E-state index >= 15 is 0 Å². The van der Waals surface area contributed by atoms with E-state index in [1.165, 1.54) is 12.1 Å². The van der Waals surface area contributed by atoms with Crippen molar-refractivity contribution in [2.24, 2.45) is 0 Å². The summed E-state index contributed by atoms with van der Waals surface area (Å²) in [5, 5.41) is 9.41. The third kappa shape index (κ3) is 5.19. The summed E-state index contributed by atoms with van der Waals surface area (Å²) in [5.74, 6) is 0.225. The number of nitrogens with zero attached hydrogens (tertiary/aromatic N) is 3. The van der Waals surface area contributed by atoms with E-state index < -0.39 is 21.7 Å². The van der Waals surface area contributed by atoms with Crippen LogP contribution in [0.3, 0.4) is 0 Å². The number of halogens is 1. The van der Waals surface area contributed by atoms with Gasteiger partial charge in [-0.05, 0) is 24.6 Å². The highest BCUT2D eigenvalue weighted by atomic mass is 32.2. The van der Waals surface area contributed by atoms with Crippen molar-refractivity contribution in [1.82, 2.24) is 20.4 Å². The molecule has 0 aliphatic rings. The van der Waals surface area contributed by atoms with E-state index in [0.717, 1.165) is 23.7 Å². The Hall–Kier alpha value is -2.86. The summed E-state index contributed by atoms with van der Waals surface area (Å²) in [6.45, 7) is 3.93. The van der Waals surface area contributed by atoms with Gasteiger partial charge in [-0.3, -0.25) is 5.32 Å². The minimum absolute atomic E-state index is 0.298. The molecular formula is C18H20FN5O4S2. The van der Waals surface area contributed by atoms with Gasteiger partial charge in [-0.2, -0.15) is 4.98 Å². The molecule has 1 aromatic carbocycles. The molecule has 0 unspecified atom stereocenters. The second kappa shape index (κ2) is 8.88. The lowest BCUT2D eigenvalue weighted by atomic mass is 10.1. The van der Waals surface area contributed by atoms with Gasteiger partial charge in [0.2, 0.25) is 5.89 Å². The van der Waals surface area contributed by atoms with Crippen LogP contribution in [0, 0.1) is 12.7 Å². The Bertz CT molecular complexity index is 1170. The monoisotopic (exact) mass is 453 g/mol. The van der Waals surface area contributed by atoms with Crippen molar-refractivity contribution in [2.45, 2.75) is 31.6 Å². The molecule has 0 spiro atoms. The largest absolute Gasteiger partial charge is 0.339 e. The number of sulfone groups is 1. The Morgan fingerprint density at radius 2 is 2.07 bits per heavy atom. The van der Waals surface area contributed by atoms with Gasteiger partial charge in [0.1, 0.15) is 10.7 Å². The van der Waals surface area contributed by atoms with Gasteiger partial charge in [-0.1, -0.05) is 29.5 Å². The summed E-state index contributed by atoms with van der Waals surface area (Å²) >= 11 is 1.16. The highest BCUT2D eigenvalue weighted by molar-refractivity contribution is 7.90. The van der Waals surface area contributed by atoms with Crippen LogP contribution in [-0.2, 0) is 22.7 Å². The average Bonchev–Trinajstić information content (AvgIpc) is 3.26. The van der Waals surface area contributed by atoms with Crippen LogP contribution in [0.1, 0.15) is 24.3 Å². The fourth-order valence-corrected chi connectivity index (χ4v) is 4.31. The highest BCUT2D eigenvalue weighted by Crippen LogP contribution is 2.34. The molecule has 0 saturated carbocycles. The molecule has 0 fully saturated rings. The number of aromatic nitrogens is 3. The van der Waals surface area contributed by atoms with Crippen molar-refractivity contribution in [2.75, 3.05) is 18.1 Å². The Labute approximate surface area is 176 Å². The summed E-state index contributed by atoms with van der Waals surface area (Å²) in [5.41, 5.74) is 1.06. The Morgan fingerprint density at radius 3 is 2.70 bits per heavy atom. The van der Waals surface area contributed by atoms with Gasteiger partial charge in [0.15, 0.2) is 20.8 Å². The molecule has 2 aromatic heterocycles. The van der Waals surface area contributed by atoms with Crippen LogP contribution < -0.4 is 10.6 Å². The van der Waals surface area contributed by atoms with Crippen molar-refractivity contribution in [3.8, 4) is 10.4 Å². The van der Waals surface area contributed by atoms with E-state index in [4.69, 9.17) is 4.52 Å². The van der Waals surface area contributed by atoms with Gasteiger partial charge in [-0.15, -0.1) is 0 Å². The molecule has 30 heavy (non-hydrogen) atoms.